The number of benzene rings is 1. The molecule has 0 aromatic heterocycles. The van der Waals surface area contributed by atoms with Crippen LogP contribution in [0.5, 0.6) is 11.5 Å². The first kappa shape index (κ1) is 13.1. The Bertz CT molecular complexity index is 479. The lowest BCUT2D eigenvalue weighted by Gasteiger charge is -2.20. The molecule has 0 spiro atoms. The Morgan fingerprint density at radius 3 is 2.11 bits per heavy atom. The molecule has 2 rings (SSSR count). The normalized spacial score (nSPS) is 16.6. The second-order valence-electron chi connectivity index (χ2n) is 5.01. The van der Waals surface area contributed by atoms with Crippen LogP contribution >= 0.6 is 0 Å². The van der Waals surface area contributed by atoms with Crippen molar-refractivity contribution in [3.63, 3.8) is 0 Å². The SMILES string of the molecule is COc1c(C)c(F)c(C)c(CC2(O)CC2)c1OC. The molecule has 0 amide bonds. The Kier molecular flexibility index (Phi) is 3.23. The second-order valence-corrected chi connectivity index (χ2v) is 5.01. The van der Waals surface area contributed by atoms with Crippen molar-refractivity contribution in [3.05, 3.63) is 22.5 Å². The molecule has 3 nitrogen and oxygen atoms in total. The van der Waals surface area contributed by atoms with E-state index in [2.05, 4.69) is 0 Å². The summed E-state index contributed by atoms with van der Waals surface area (Å²) >= 11 is 0. The molecular weight excluding hydrogens is 235 g/mol. The number of hydrogen-bond donors (Lipinski definition) is 1. The van der Waals surface area contributed by atoms with Crippen LogP contribution in [0.4, 0.5) is 4.39 Å². The molecule has 0 unspecified atom stereocenters. The van der Waals surface area contributed by atoms with Crippen LogP contribution in [-0.4, -0.2) is 24.9 Å². The van der Waals surface area contributed by atoms with Gasteiger partial charge in [0, 0.05) is 17.5 Å². The predicted octanol–water partition coefficient (Wildman–Crippen LogP) is 2.53. The van der Waals surface area contributed by atoms with Crippen molar-refractivity contribution >= 4 is 0 Å². The van der Waals surface area contributed by atoms with E-state index in [1.807, 2.05) is 0 Å². The molecule has 1 aromatic carbocycles. The fourth-order valence-electron chi connectivity index (χ4n) is 2.32. The third kappa shape index (κ3) is 2.05. The predicted molar refractivity (Wildman–Crippen MR) is 66.9 cm³/mol. The zero-order valence-corrected chi connectivity index (χ0v) is 11.3. The third-order valence-electron chi connectivity index (χ3n) is 3.67. The highest BCUT2D eigenvalue weighted by Gasteiger charge is 2.42. The molecule has 1 aliphatic carbocycles. The van der Waals surface area contributed by atoms with Gasteiger partial charge in [0.15, 0.2) is 11.5 Å². The van der Waals surface area contributed by atoms with Crippen molar-refractivity contribution in [2.45, 2.75) is 38.7 Å². The van der Waals surface area contributed by atoms with Gasteiger partial charge in [0.2, 0.25) is 0 Å². The number of ether oxygens (including phenoxy) is 2. The highest BCUT2D eigenvalue weighted by atomic mass is 19.1. The molecule has 0 bridgehead atoms. The number of methoxy groups -OCH3 is 2. The molecule has 1 aliphatic rings. The molecule has 0 atom stereocenters. The summed E-state index contributed by atoms with van der Waals surface area (Å²) < 4.78 is 24.7. The molecule has 0 heterocycles. The van der Waals surface area contributed by atoms with Gasteiger partial charge >= 0.3 is 0 Å². The van der Waals surface area contributed by atoms with E-state index in [1.165, 1.54) is 14.2 Å². The van der Waals surface area contributed by atoms with Gasteiger partial charge in [-0.1, -0.05) is 0 Å². The molecule has 1 fully saturated rings. The smallest absolute Gasteiger partial charge is 0.166 e. The molecule has 18 heavy (non-hydrogen) atoms. The van der Waals surface area contributed by atoms with Crippen molar-refractivity contribution in [1.82, 2.24) is 0 Å². The fourth-order valence-corrected chi connectivity index (χ4v) is 2.32. The Morgan fingerprint density at radius 2 is 1.67 bits per heavy atom. The topological polar surface area (TPSA) is 38.7 Å². The standard InChI is InChI=1S/C14H19FO3/c1-8-10(7-14(16)5-6-14)13(18-4)12(17-3)9(2)11(8)15/h16H,5-7H2,1-4H3. The molecule has 4 heteroatoms. The molecular formula is C14H19FO3. The summed E-state index contributed by atoms with van der Waals surface area (Å²) in [6.45, 7) is 3.38. The van der Waals surface area contributed by atoms with E-state index < -0.39 is 5.60 Å². The molecule has 0 saturated heterocycles. The van der Waals surface area contributed by atoms with E-state index in [1.54, 1.807) is 13.8 Å². The van der Waals surface area contributed by atoms with E-state index in [0.717, 1.165) is 12.8 Å². The summed E-state index contributed by atoms with van der Waals surface area (Å²) in [5.41, 5.74) is 0.992. The summed E-state index contributed by atoms with van der Waals surface area (Å²) in [5, 5.41) is 10.0. The summed E-state index contributed by atoms with van der Waals surface area (Å²) in [5.74, 6) is 0.668. The summed E-state index contributed by atoms with van der Waals surface area (Å²) in [6.07, 6.45) is 1.93. The zero-order valence-electron chi connectivity index (χ0n) is 11.3. The first-order valence-electron chi connectivity index (χ1n) is 6.05. The first-order valence-corrected chi connectivity index (χ1v) is 6.05. The van der Waals surface area contributed by atoms with Crippen molar-refractivity contribution in [2.75, 3.05) is 14.2 Å². The Balaban J connectivity index is 2.58. The Hall–Kier alpha value is -1.29. The van der Waals surface area contributed by atoms with Gasteiger partial charge in [-0.3, -0.25) is 0 Å². The van der Waals surface area contributed by atoms with Crippen LogP contribution in [0.25, 0.3) is 0 Å². The Labute approximate surface area is 107 Å². The second kappa shape index (κ2) is 4.43. The average Bonchev–Trinajstić information content (AvgIpc) is 3.07. The van der Waals surface area contributed by atoms with Gasteiger partial charge in [0.25, 0.3) is 0 Å². The fraction of sp³-hybridized carbons (Fsp3) is 0.571. The lowest BCUT2D eigenvalue weighted by molar-refractivity contribution is 0.149. The Morgan fingerprint density at radius 1 is 1.11 bits per heavy atom. The summed E-state index contributed by atoms with van der Waals surface area (Å²) in [7, 11) is 3.03. The van der Waals surface area contributed by atoms with E-state index in [0.29, 0.717) is 34.6 Å². The minimum atomic E-state index is -0.690. The highest BCUT2D eigenvalue weighted by molar-refractivity contribution is 5.56. The van der Waals surface area contributed by atoms with Crippen LogP contribution < -0.4 is 9.47 Å². The zero-order chi connectivity index (χ0) is 13.5. The minimum Gasteiger partial charge on any atom is -0.493 e. The lowest BCUT2D eigenvalue weighted by Crippen LogP contribution is -2.14. The van der Waals surface area contributed by atoms with E-state index in [9.17, 15) is 9.50 Å². The van der Waals surface area contributed by atoms with Crippen molar-refractivity contribution in [2.24, 2.45) is 0 Å². The maximum Gasteiger partial charge on any atom is 0.166 e. The summed E-state index contributed by atoms with van der Waals surface area (Å²) in [6, 6.07) is 0. The number of halogens is 1. The monoisotopic (exact) mass is 254 g/mol. The van der Waals surface area contributed by atoms with E-state index >= 15 is 0 Å². The van der Waals surface area contributed by atoms with Gasteiger partial charge in [-0.2, -0.15) is 0 Å². The number of aliphatic hydroxyl groups is 1. The maximum absolute atomic E-state index is 14.1. The van der Waals surface area contributed by atoms with Crippen LogP contribution in [0.2, 0.25) is 0 Å². The first-order chi connectivity index (χ1) is 8.43. The number of hydrogen-bond acceptors (Lipinski definition) is 3. The van der Waals surface area contributed by atoms with E-state index in [-0.39, 0.29) is 5.82 Å². The van der Waals surface area contributed by atoms with Gasteiger partial charge in [0.05, 0.1) is 19.8 Å². The quantitative estimate of drug-likeness (QED) is 0.897. The van der Waals surface area contributed by atoms with Gasteiger partial charge in [-0.15, -0.1) is 0 Å². The summed E-state index contributed by atoms with van der Waals surface area (Å²) in [4.78, 5) is 0. The molecule has 0 aliphatic heterocycles. The van der Waals surface area contributed by atoms with Crippen LogP contribution in [0.15, 0.2) is 0 Å². The van der Waals surface area contributed by atoms with Crippen molar-refractivity contribution < 1.29 is 19.0 Å². The largest absolute Gasteiger partial charge is 0.493 e. The third-order valence-corrected chi connectivity index (χ3v) is 3.67. The van der Waals surface area contributed by atoms with Crippen molar-refractivity contribution in [3.8, 4) is 11.5 Å². The average molecular weight is 254 g/mol. The van der Waals surface area contributed by atoms with Gasteiger partial charge in [-0.25, -0.2) is 4.39 Å². The number of rotatable bonds is 4. The van der Waals surface area contributed by atoms with E-state index in [4.69, 9.17) is 9.47 Å². The van der Waals surface area contributed by atoms with Crippen LogP contribution in [0, 0.1) is 19.7 Å². The van der Waals surface area contributed by atoms with Crippen molar-refractivity contribution in [1.29, 1.82) is 0 Å². The van der Waals surface area contributed by atoms with Crippen LogP contribution in [-0.2, 0) is 6.42 Å². The van der Waals surface area contributed by atoms with Crippen LogP contribution in [0.1, 0.15) is 29.5 Å². The molecule has 1 saturated carbocycles. The van der Waals surface area contributed by atoms with Crippen LogP contribution in [0.3, 0.4) is 0 Å². The minimum absolute atomic E-state index is 0.285. The highest BCUT2D eigenvalue weighted by Crippen LogP contribution is 2.45. The molecule has 1 N–H and O–H groups in total. The van der Waals surface area contributed by atoms with Gasteiger partial charge in [-0.05, 0) is 32.3 Å². The molecule has 0 radical (unpaired) electrons. The molecule has 1 aromatic rings. The van der Waals surface area contributed by atoms with Gasteiger partial charge < -0.3 is 14.6 Å². The van der Waals surface area contributed by atoms with Gasteiger partial charge in [0.1, 0.15) is 5.82 Å². The lowest BCUT2D eigenvalue weighted by atomic mass is 9.96. The maximum atomic E-state index is 14.1. The molecule has 100 valence electrons.